The summed E-state index contributed by atoms with van der Waals surface area (Å²) < 4.78 is 25.5. The van der Waals surface area contributed by atoms with Gasteiger partial charge >= 0.3 is 0 Å². The van der Waals surface area contributed by atoms with Gasteiger partial charge in [0.1, 0.15) is 12.4 Å². The minimum atomic E-state index is -0.365. The van der Waals surface area contributed by atoms with E-state index in [1.807, 2.05) is 24.3 Å². The third-order valence-corrected chi connectivity index (χ3v) is 3.92. The van der Waals surface area contributed by atoms with Crippen molar-refractivity contribution >= 4 is 31.9 Å². The molecule has 0 unspecified atom stereocenters. The van der Waals surface area contributed by atoms with Gasteiger partial charge in [-0.2, -0.15) is 0 Å². The molecule has 0 N–H and O–H groups in total. The van der Waals surface area contributed by atoms with Gasteiger partial charge in [-0.15, -0.1) is 0 Å². The zero-order valence-corrected chi connectivity index (χ0v) is 14.0. The van der Waals surface area contributed by atoms with Crippen LogP contribution in [-0.2, 0) is 11.9 Å². The van der Waals surface area contributed by atoms with E-state index in [-0.39, 0.29) is 18.2 Å². The summed E-state index contributed by atoms with van der Waals surface area (Å²) >= 11 is 6.68. The SMILES string of the molecule is COc1ccc(Br)cc1COc1ccc(CBr)cc1F. The topological polar surface area (TPSA) is 18.5 Å². The van der Waals surface area contributed by atoms with Crippen LogP contribution in [0.4, 0.5) is 4.39 Å². The molecule has 0 heterocycles. The highest BCUT2D eigenvalue weighted by Crippen LogP contribution is 2.26. The van der Waals surface area contributed by atoms with Crippen LogP contribution in [0, 0.1) is 5.82 Å². The molecule has 2 aromatic carbocycles. The molecule has 0 amide bonds. The van der Waals surface area contributed by atoms with E-state index in [0.29, 0.717) is 11.1 Å². The summed E-state index contributed by atoms with van der Waals surface area (Å²) in [6.07, 6.45) is 0. The lowest BCUT2D eigenvalue weighted by Crippen LogP contribution is -2.00. The molecule has 0 aliphatic carbocycles. The molecule has 0 saturated heterocycles. The number of ether oxygens (including phenoxy) is 2. The first kappa shape index (κ1) is 15.3. The fraction of sp³-hybridized carbons (Fsp3) is 0.200. The van der Waals surface area contributed by atoms with Crippen LogP contribution < -0.4 is 9.47 Å². The summed E-state index contributed by atoms with van der Waals surface area (Å²) in [5.74, 6) is 0.582. The van der Waals surface area contributed by atoms with Crippen molar-refractivity contribution in [3.05, 3.63) is 57.8 Å². The number of rotatable bonds is 5. The quantitative estimate of drug-likeness (QED) is 0.648. The van der Waals surface area contributed by atoms with Crippen molar-refractivity contribution in [2.24, 2.45) is 0 Å². The van der Waals surface area contributed by atoms with E-state index in [2.05, 4.69) is 31.9 Å². The van der Waals surface area contributed by atoms with E-state index in [4.69, 9.17) is 9.47 Å². The number of halogens is 3. The van der Waals surface area contributed by atoms with Crippen LogP contribution >= 0.6 is 31.9 Å². The molecule has 20 heavy (non-hydrogen) atoms. The zero-order valence-electron chi connectivity index (χ0n) is 10.8. The van der Waals surface area contributed by atoms with E-state index < -0.39 is 0 Å². The average Bonchev–Trinajstić information content (AvgIpc) is 2.46. The fourth-order valence-corrected chi connectivity index (χ4v) is 2.52. The molecule has 0 saturated carbocycles. The van der Waals surface area contributed by atoms with Gasteiger partial charge in [0.05, 0.1) is 7.11 Å². The summed E-state index contributed by atoms with van der Waals surface area (Å²) in [5, 5.41) is 0.615. The van der Waals surface area contributed by atoms with Crippen molar-refractivity contribution in [2.75, 3.05) is 7.11 Å². The second-order valence-corrected chi connectivity index (χ2v) is 5.62. The first-order valence-electron chi connectivity index (χ1n) is 5.93. The van der Waals surface area contributed by atoms with Gasteiger partial charge in [0.15, 0.2) is 11.6 Å². The first-order chi connectivity index (χ1) is 9.63. The molecule has 0 aromatic heterocycles. The maximum Gasteiger partial charge on any atom is 0.165 e. The lowest BCUT2D eigenvalue weighted by Gasteiger charge is -2.11. The Balaban J connectivity index is 2.14. The highest BCUT2D eigenvalue weighted by molar-refractivity contribution is 9.10. The molecule has 0 fully saturated rings. The molecule has 0 bridgehead atoms. The predicted octanol–water partition coefficient (Wildman–Crippen LogP) is 5.07. The summed E-state index contributed by atoms with van der Waals surface area (Å²) in [6.45, 7) is 0.243. The molecule has 2 rings (SSSR count). The average molecular weight is 404 g/mol. The number of hydrogen-bond acceptors (Lipinski definition) is 2. The number of methoxy groups -OCH3 is 1. The van der Waals surface area contributed by atoms with E-state index in [9.17, 15) is 4.39 Å². The van der Waals surface area contributed by atoms with Gasteiger partial charge in [0.2, 0.25) is 0 Å². The minimum absolute atomic E-state index is 0.233. The van der Waals surface area contributed by atoms with Crippen LogP contribution in [0.15, 0.2) is 40.9 Å². The maximum atomic E-state index is 13.8. The second kappa shape index (κ2) is 7.09. The Labute approximate surface area is 134 Å². The molecule has 0 atom stereocenters. The van der Waals surface area contributed by atoms with Crippen molar-refractivity contribution < 1.29 is 13.9 Å². The zero-order chi connectivity index (χ0) is 14.5. The Hall–Kier alpha value is -1.07. The van der Waals surface area contributed by atoms with Gasteiger partial charge in [-0.1, -0.05) is 37.9 Å². The number of benzene rings is 2. The highest BCUT2D eigenvalue weighted by Gasteiger charge is 2.08. The van der Waals surface area contributed by atoms with Crippen molar-refractivity contribution in [2.45, 2.75) is 11.9 Å². The monoisotopic (exact) mass is 402 g/mol. The molecule has 106 valence electrons. The normalized spacial score (nSPS) is 10.4. The van der Waals surface area contributed by atoms with Crippen LogP contribution in [-0.4, -0.2) is 7.11 Å². The highest BCUT2D eigenvalue weighted by atomic mass is 79.9. The Morgan fingerprint density at radius 2 is 1.85 bits per heavy atom. The second-order valence-electron chi connectivity index (χ2n) is 4.14. The summed E-state index contributed by atoms with van der Waals surface area (Å²) in [7, 11) is 1.60. The molecular weight excluding hydrogens is 391 g/mol. The van der Waals surface area contributed by atoms with Gasteiger partial charge in [-0.25, -0.2) is 4.39 Å². The molecule has 5 heteroatoms. The molecule has 2 nitrogen and oxygen atoms in total. The Bertz CT molecular complexity index is 602. The molecular formula is C15H13Br2FO2. The van der Waals surface area contributed by atoms with Crippen molar-refractivity contribution in [3.8, 4) is 11.5 Å². The lowest BCUT2D eigenvalue weighted by atomic mass is 10.2. The predicted molar refractivity (Wildman–Crippen MR) is 84.1 cm³/mol. The third-order valence-electron chi connectivity index (χ3n) is 2.78. The van der Waals surface area contributed by atoms with E-state index in [0.717, 1.165) is 15.6 Å². The van der Waals surface area contributed by atoms with Gasteiger partial charge in [0.25, 0.3) is 0 Å². The van der Waals surface area contributed by atoms with Crippen LogP contribution in [0.3, 0.4) is 0 Å². The summed E-state index contributed by atoms with van der Waals surface area (Å²) in [5.41, 5.74) is 1.72. The van der Waals surface area contributed by atoms with E-state index in [1.165, 1.54) is 6.07 Å². The third kappa shape index (κ3) is 3.73. The minimum Gasteiger partial charge on any atom is -0.496 e. The molecule has 0 aliphatic rings. The van der Waals surface area contributed by atoms with Crippen LogP contribution in [0.2, 0.25) is 0 Å². The largest absolute Gasteiger partial charge is 0.496 e. The molecule has 0 spiro atoms. The molecule has 0 radical (unpaired) electrons. The van der Waals surface area contributed by atoms with Crippen molar-refractivity contribution in [1.29, 1.82) is 0 Å². The van der Waals surface area contributed by atoms with Crippen LogP contribution in [0.5, 0.6) is 11.5 Å². The molecule has 0 aliphatic heterocycles. The number of alkyl halides is 1. The van der Waals surface area contributed by atoms with Crippen LogP contribution in [0.25, 0.3) is 0 Å². The Morgan fingerprint density at radius 3 is 2.50 bits per heavy atom. The summed E-state index contributed by atoms with van der Waals surface area (Å²) in [4.78, 5) is 0. The van der Waals surface area contributed by atoms with Gasteiger partial charge in [0, 0.05) is 15.4 Å². The Morgan fingerprint density at radius 1 is 1.10 bits per heavy atom. The van der Waals surface area contributed by atoms with E-state index in [1.54, 1.807) is 13.2 Å². The first-order valence-corrected chi connectivity index (χ1v) is 7.85. The Kier molecular flexibility index (Phi) is 5.43. The van der Waals surface area contributed by atoms with Crippen molar-refractivity contribution in [3.63, 3.8) is 0 Å². The fourth-order valence-electron chi connectivity index (χ4n) is 1.76. The summed E-state index contributed by atoms with van der Waals surface area (Å²) in [6, 6.07) is 10.5. The van der Waals surface area contributed by atoms with Gasteiger partial charge in [-0.05, 0) is 35.9 Å². The van der Waals surface area contributed by atoms with Crippen LogP contribution in [0.1, 0.15) is 11.1 Å². The smallest absolute Gasteiger partial charge is 0.165 e. The van der Waals surface area contributed by atoms with Crippen molar-refractivity contribution in [1.82, 2.24) is 0 Å². The standard InChI is InChI=1S/C15H13Br2FO2/c1-19-14-5-3-12(17)7-11(14)9-20-15-4-2-10(8-16)6-13(15)18/h2-7H,8-9H2,1H3. The number of hydrogen-bond donors (Lipinski definition) is 0. The lowest BCUT2D eigenvalue weighted by molar-refractivity contribution is 0.282. The molecule has 2 aromatic rings. The van der Waals surface area contributed by atoms with Gasteiger partial charge in [-0.3, -0.25) is 0 Å². The maximum absolute atomic E-state index is 13.8. The van der Waals surface area contributed by atoms with Gasteiger partial charge < -0.3 is 9.47 Å². The van der Waals surface area contributed by atoms with E-state index >= 15 is 0 Å².